The number of aromatic hydroxyl groups is 1. The molecule has 2 unspecified atom stereocenters. The lowest BCUT2D eigenvalue weighted by Gasteiger charge is -2.25. The number of urea groups is 1. The van der Waals surface area contributed by atoms with Gasteiger partial charge < -0.3 is 26.0 Å². The molecule has 1 saturated heterocycles. The second kappa shape index (κ2) is 8.74. The zero-order valence-corrected chi connectivity index (χ0v) is 18.0. The van der Waals surface area contributed by atoms with E-state index in [0.717, 1.165) is 11.1 Å². The molecule has 2 heterocycles. The minimum atomic E-state index is -0.760. The average Bonchev–Trinajstić information content (AvgIpc) is 3.12. The molecule has 0 radical (unpaired) electrons. The van der Waals surface area contributed by atoms with E-state index in [0.29, 0.717) is 24.2 Å². The first-order valence-electron chi connectivity index (χ1n) is 10.6. The van der Waals surface area contributed by atoms with Gasteiger partial charge in [-0.2, -0.15) is 0 Å². The van der Waals surface area contributed by atoms with Crippen LogP contribution in [0.3, 0.4) is 0 Å². The van der Waals surface area contributed by atoms with Crippen LogP contribution in [-0.4, -0.2) is 52.5 Å². The number of carbonyl (C=O) groups excluding carboxylic acids is 3. The monoisotopic (exact) mass is 434 g/mol. The molecule has 2 atom stereocenters. The molecule has 0 bridgehead atoms. The molecule has 2 aliphatic rings. The number of hydrogen-bond donors (Lipinski definition) is 4. The van der Waals surface area contributed by atoms with Gasteiger partial charge in [-0.1, -0.05) is 30.4 Å². The third-order valence-corrected chi connectivity index (χ3v) is 5.56. The maximum absolute atomic E-state index is 13.3. The van der Waals surface area contributed by atoms with Crippen LogP contribution in [0.4, 0.5) is 10.5 Å². The lowest BCUT2D eigenvalue weighted by atomic mass is 10.1. The van der Waals surface area contributed by atoms with Crippen molar-refractivity contribution in [3.63, 3.8) is 0 Å². The number of benzene rings is 2. The van der Waals surface area contributed by atoms with E-state index >= 15 is 0 Å². The summed E-state index contributed by atoms with van der Waals surface area (Å²) in [4.78, 5) is 39.9. The van der Waals surface area contributed by atoms with Crippen molar-refractivity contribution >= 4 is 35.7 Å². The summed E-state index contributed by atoms with van der Waals surface area (Å²) >= 11 is 0. The molecular formula is C24H26N4O4. The quantitative estimate of drug-likeness (QED) is 0.555. The zero-order chi connectivity index (χ0) is 22.8. The predicted octanol–water partition coefficient (Wildman–Crippen LogP) is 2.81. The van der Waals surface area contributed by atoms with Crippen LogP contribution in [0.25, 0.3) is 12.2 Å². The van der Waals surface area contributed by atoms with Crippen LogP contribution < -0.4 is 16.0 Å². The van der Waals surface area contributed by atoms with Gasteiger partial charge in [-0.05, 0) is 55.7 Å². The van der Waals surface area contributed by atoms with Crippen molar-refractivity contribution in [3.8, 4) is 5.75 Å². The largest absolute Gasteiger partial charge is 0.508 e. The summed E-state index contributed by atoms with van der Waals surface area (Å²) in [6, 6.07) is 10.5. The van der Waals surface area contributed by atoms with Crippen LogP contribution in [0.2, 0.25) is 0 Å². The van der Waals surface area contributed by atoms with E-state index in [-0.39, 0.29) is 29.6 Å². The van der Waals surface area contributed by atoms with E-state index < -0.39 is 12.1 Å². The van der Waals surface area contributed by atoms with Gasteiger partial charge in [0.25, 0.3) is 5.91 Å². The number of carbonyl (C=O) groups is 3. The molecule has 1 fully saturated rings. The fraction of sp³-hybridized carbons (Fsp3) is 0.292. The first-order valence-corrected chi connectivity index (χ1v) is 10.6. The van der Waals surface area contributed by atoms with Gasteiger partial charge in [0.05, 0.1) is 17.3 Å². The molecule has 2 aliphatic heterocycles. The topological polar surface area (TPSA) is 111 Å². The summed E-state index contributed by atoms with van der Waals surface area (Å²) in [7, 11) is 0. The van der Waals surface area contributed by atoms with Gasteiger partial charge in [0, 0.05) is 12.6 Å². The summed E-state index contributed by atoms with van der Waals surface area (Å²) in [5, 5.41) is 17.8. The number of fused-ring (bicyclic) bond motifs is 2. The number of nitrogens with zero attached hydrogens (tertiary/aromatic N) is 1. The highest BCUT2D eigenvalue weighted by Gasteiger charge is 2.45. The van der Waals surface area contributed by atoms with Crippen LogP contribution >= 0.6 is 0 Å². The van der Waals surface area contributed by atoms with Crippen LogP contribution in [0.5, 0.6) is 5.75 Å². The number of nitrogens with one attached hydrogen (secondary N) is 3. The highest BCUT2D eigenvalue weighted by Crippen LogP contribution is 2.30. The molecule has 2 aromatic rings. The smallest absolute Gasteiger partial charge is 0.315 e. The van der Waals surface area contributed by atoms with Gasteiger partial charge in [-0.25, -0.2) is 4.79 Å². The van der Waals surface area contributed by atoms with Gasteiger partial charge in [-0.15, -0.1) is 0 Å². The molecule has 0 spiro atoms. The van der Waals surface area contributed by atoms with Gasteiger partial charge in [0.2, 0.25) is 5.91 Å². The highest BCUT2D eigenvalue weighted by atomic mass is 16.3. The van der Waals surface area contributed by atoms with E-state index in [1.165, 1.54) is 4.90 Å². The van der Waals surface area contributed by atoms with Crippen molar-refractivity contribution in [2.75, 3.05) is 11.9 Å². The Morgan fingerprint density at radius 3 is 2.53 bits per heavy atom. The number of phenols is 1. The molecule has 166 valence electrons. The fourth-order valence-electron chi connectivity index (χ4n) is 4.06. The van der Waals surface area contributed by atoms with E-state index in [4.69, 9.17) is 0 Å². The molecule has 0 saturated carbocycles. The molecule has 32 heavy (non-hydrogen) atoms. The maximum Gasteiger partial charge on any atom is 0.315 e. The Hall–Kier alpha value is -3.81. The first kappa shape index (κ1) is 21.4. The van der Waals surface area contributed by atoms with Crippen molar-refractivity contribution in [2.45, 2.75) is 38.4 Å². The molecule has 4 amide bonds. The van der Waals surface area contributed by atoms with Gasteiger partial charge in [0.1, 0.15) is 11.8 Å². The van der Waals surface area contributed by atoms with E-state index in [1.807, 2.05) is 32.1 Å². The molecular weight excluding hydrogens is 408 g/mol. The van der Waals surface area contributed by atoms with Gasteiger partial charge in [-0.3, -0.25) is 9.59 Å². The second-order valence-corrected chi connectivity index (χ2v) is 8.33. The Balaban J connectivity index is 1.55. The molecule has 8 nitrogen and oxygen atoms in total. The summed E-state index contributed by atoms with van der Waals surface area (Å²) < 4.78 is 0. The molecule has 4 N–H and O–H groups in total. The summed E-state index contributed by atoms with van der Waals surface area (Å²) in [6.07, 6.45) is 4.26. The Labute approximate surface area is 186 Å². The number of amides is 4. The van der Waals surface area contributed by atoms with E-state index in [2.05, 4.69) is 16.0 Å². The Kier molecular flexibility index (Phi) is 5.85. The Morgan fingerprint density at radius 2 is 1.81 bits per heavy atom. The predicted molar refractivity (Wildman–Crippen MR) is 122 cm³/mol. The van der Waals surface area contributed by atoms with Crippen molar-refractivity contribution in [3.05, 3.63) is 59.2 Å². The third-order valence-electron chi connectivity index (χ3n) is 5.56. The van der Waals surface area contributed by atoms with Crippen LogP contribution in [-0.2, 0) is 4.79 Å². The third kappa shape index (κ3) is 4.44. The summed E-state index contributed by atoms with van der Waals surface area (Å²) in [5.41, 5.74) is 2.59. The number of anilines is 1. The minimum Gasteiger partial charge on any atom is -0.508 e. The van der Waals surface area contributed by atoms with Crippen LogP contribution in [0.1, 0.15) is 41.8 Å². The number of phenolic OH excluding ortho intramolecular Hbond substituents is 1. The zero-order valence-electron chi connectivity index (χ0n) is 18.0. The summed E-state index contributed by atoms with van der Waals surface area (Å²) in [5.74, 6) is -0.350. The van der Waals surface area contributed by atoms with Crippen molar-refractivity contribution in [1.29, 1.82) is 0 Å². The van der Waals surface area contributed by atoms with Gasteiger partial charge in [0.15, 0.2) is 0 Å². The molecule has 0 aliphatic carbocycles. The van der Waals surface area contributed by atoms with Crippen molar-refractivity contribution in [1.82, 2.24) is 15.5 Å². The fourth-order valence-corrected chi connectivity index (χ4v) is 4.06. The first-order chi connectivity index (χ1) is 15.3. The Morgan fingerprint density at radius 1 is 1.12 bits per heavy atom. The molecule has 2 aromatic carbocycles. The highest BCUT2D eigenvalue weighted by molar-refractivity contribution is 6.11. The van der Waals surface area contributed by atoms with E-state index in [9.17, 15) is 19.5 Å². The van der Waals surface area contributed by atoms with Crippen LogP contribution in [0, 0.1) is 0 Å². The Bertz CT molecular complexity index is 1080. The van der Waals surface area contributed by atoms with Crippen molar-refractivity contribution < 1.29 is 19.5 Å². The standard InChI is InChI=1S/C24H26N4O4/c1-14(2)25-24(32)27-20-11-12-28-21(20)22(30)26-19-10-7-16(13-18(19)23(28)31)4-3-15-5-8-17(29)9-6-15/h3-10,13-14,20-21,29H,11-12H2,1-2H3,(H,26,30)(H2,25,27,32). The second-order valence-electron chi connectivity index (χ2n) is 8.33. The normalized spacial score (nSPS) is 20.0. The lowest BCUT2D eigenvalue weighted by Crippen LogP contribution is -2.54. The average molecular weight is 434 g/mol. The van der Waals surface area contributed by atoms with E-state index in [1.54, 1.807) is 36.4 Å². The minimum absolute atomic E-state index is 0.0330. The lowest BCUT2D eigenvalue weighted by molar-refractivity contribution is -0.120. The number of rotatable bonds is 4. The van der Waals surface area contributed by atoms with Gasteiger partial charge >= 0.3 is 6.03 Å². The maximum atomic E-state index is 13.3. The number of hydrogen-bond acceptors (Lipinski definition) is 4. The SMILES string of the molecule is CC(C)NC(=O)NC1CCN2C(=O)c3cc(C=Cc4ccc(O)cc4)ccc3NC(=O)C12. The van der Waals surface area contributed by atoms with Crippen molar-refractivity contribution in [2.24, 2.45) is 0 Å². The molecule has 0 aromatic heterocycles. The summed E-state index contributed by atoms with van der Waals surface area (Å²) in [6.45, 7) is 4.09. The van der Waals surface area contributed by atoms with Crippen LogP contribution in [0.15, 0.2) is 42.5 Å². The molecule has 4 rings (SSSR count). The molecule has 8 heteroatoms.